The van der Waals surface area contributed by atoms with Crippen LogP contribution in [0.1, 0.15) is 27.9 Å². The maximum atomic E-state index is 15.1. The molecule has 0 aliphatic carbocycles. The number of aromatic nitrogens is 3. The van der Waals surface area contributed by atoms with Gasteiger partial charge in [0.2, 0.25) is 5.88 Å². The van der Waals surface area contributed by atoms with Gasteiger partial charge in [0.25, 0.3) is 11.5 Å². The van der Waals surface area contributed by atoms with E-state index in [-0.39, 0.29) is 51.5 Å². The number of anilines is 1. The Kier molecular flexibility index (Phi) is 9.35. The fourth-order valence-corrected chi connectivity index (χ4v) is 5.37. The van der Waals surface area contributed by atoms with Crippen LogP contribution in [-0.4, -0.2) is 58.2 Å². The van der Waals surface area contributed by atoms with Crippen LogP contribution in [0, 0.1) is 18.6 Å². The zero-order valence-electron chi connectivity index (χ0n) is 24.2. The molecule has 10 nitrogen and oxygen atoms in total. The van der Waals surface area contributed by atoms with Crippen molar-refractivity contribution in [2.24, 2.45) is 7.05 Å². The van der Waals surface area contributed by atoms with Crippen molar-refractivity contribution < 1.29 is 28.2 Å². The lowest BCUT2D eigenvalue weighted by molar-refractivity contribution is -0.0281. The van der Waals surface area contributed by atoms with E-state index in [2.05, 4.69) is 20.7 Å². The van der Waals surface area contributed by atoms with Crippen LogP contribution in [0.25, 0.3) is 22.4 Å². The third-order valence-electron chi connectivity index (χ3n) is 7.49. The first-order chi connectivity index (χ1) is 21.1. The van der Waals surface area contributed by atoms with Gasteiger partial charge in [-0.1, -0.05) is 17.7 Å². The number of nitrogens with zero attached hydrogens (tertiary/aromatic N) is 3. The summed E-state index contributed by atoms with van der Waals surface area (Å²) in [6.45, 7) is 2.79. The van der Waals surface area contributed by atoms with Gasteiger partial charge in [-0.15, -0.1) is 0 Å². The van der Waals surface area contributed by atoms with E-state index in [9.17, 15) is 19.1 Å². The lowest BCUT2D eigenvalue weighted by Gasteiger charge is -2.28. The third-order valence-corrected chi connectivity index (χ3v) is 7.89. The molecule has 1 aliphatic rings. The molecule has 1 amide bonds. The van der Waals surface area contributed by atoms with Crippen molar-refractivity contribution in [2.45, 2.75) is 32.0 Å². The molecule has 1 aliphatic heterocycles. The Bertz CT molecular complexity index is 1780. The van der Waals surface area contributed by atoms with Gasteiger partial charge in [-0.2, -0.15) is 5.10 Å². The fraction of sp³-hybridized carbons (Fsp3) is 0.290. The van der Waals surface area contributed by atoms with Crippen molar-refractivity contribution in [1.29, 1.82) is 0 Å². The number of aliphatic hydroxyl groups is 1. The Morgan fingerprint density at radius 3 is 2.64 bits per heavy atom. The van der Waals surface area contributed by atoms with Gasteiger partial charge < -0.3 is 25.2 Å². The Labute approximate surface area is 256 Å². The maximum Gasteiger partial charge on any atom is 0.279 e. The van der Waals surface area contributed by atoms with Gasteiger partial charge in [-0.3, -0.25) is 9.59 Å². The molecule has 0 radical (unpaired) electrons. The number of carbonyl (C=O) groups is 1. The Morgan fingerprint density at radius 1 is 1.16 bits per heavy atom. The molecule has 4 aromatic rings. The topological polar surface area (TPSA) is 128 Å². The summed E-state index contributed by atoms with van der Waals surface area (Å²) in [5.74, 6) is -1.82. The van der Waals surface area contributed by atoms with Crippen LogP contribution >= 0.6 is 11.6 Å². The van der Waals surface area contributed by atoms with E-state index < -0.39 is 29.2 Å². The summed E-state index contributed by atoms with van der Waals surface area (Å²) < 4.78 is 41.8. The van der Waals surface area contributed by atoms with Gasteiger partial charge in [0, 0.05) is 54.8 Å². The summed E-state index contributed by atoms with van der Waals surface area (Å²) >= 11 is 6.82. The molecule has 5 rings (SSSR count). The second kappa shape index (κ2) is 13.2. The molecule has 2 aromatic heterocycles. The van der Waals surface area contributed by atoms with Crippen molar-refractivity contribution >= 4 is 23.2 Å². The van der Waals surface area contributed by atoms with Gasteiger partial charge in [0.15, 0.2) is 0 Å². The molecule has 2 unspecified atom stereocenters. The largest absolute Gasteiger partial charge is 0.481 e. The number of hydrogen-bond donors (Lipinski definition) is 3. The number of aliphatic hydroxyl groups excluding tert-OH is 1. The molecule has 2 atom stereocenters. The molecular formula is C31H30ClF2N5O5. The van der Waals surface area contributed by atoms with Gasteiger partial charge in [-0.25, -0.2) is 18.4 Å². The van der Waals surface area contributed by atoms with Crippen LogP contribution < -0.4 is 20.9 Å². The van der Waals surface area contributed by atoms with Crippen LogP contribution in [0.15, 0.2) is 53.5 Å². The molecule has 13 heteroatoms. The lowest BCUT2D eigenvalue weighted by atomic mass is 9.95. The number of rotatable bonds is 8. The number of aryl methyl sites for hydroxylation is 1. The predicted molar refractivity (Wildman–Crippen MR) is 161 cm³/mol. The number of carbonyl (C=O) groups excluding carboxylic acids is 1. The zero-order valence-corrected chi connectivity index (χ0v) is 24.9. The van der Waals surface area contributed by atoms with Crippen LogP contribution in [0.3, 0.4) is 0 Å². The quantitative estimate of drug-likeness (QED) is 0.265. The standard InChI is InChI=1S/C31H30ClF2N5O5/c1-16-21(10-19(34)13-26(16)37-29(41)20-6-8-36-39(2)31(20)42)22-11-18(33)12-23(28(22)32)24-5-4-17(30(38-24)43-3)14-35-25-7-9-44-15-27(25)40/h4-6,8,10-13,25,27,35,40H,7,9,14-15H2,1-3H3,(H,37,41). The van der Waals surface area contributed by atoms with E-state index in [4.69, 9.17) is 21.1 Å². The van der Waals surface area contributed by atoms with E-state index in [1.54, 1.807) is 19.1 Å². The Balaban J connectivity index is 1.48. The molecule has 1 fully saturated rings. The lowest BCUT2D eigenvalue weighted by Crippen LogP contribution is -2.46. The van der Waals surface area contributed by atoms with E-state index in [0.29, 0.717) is 36.4 Å². The molecule has 44 heavy (non-hydrogen) atoms. The molecule has 2 aromatic carbocycles. The maximum absolute atomic E-state index is 15.1. The normalized spacial score (nSPS) is 16.5. The summed E-state index contributed by atoms with van der Waals surface area (Å²) in [5, 5.41) is 19.9. The van der Waals surface area contributed by atoms with Crippen molar-refractivity contribution in [3.8, 4) is 28.3 Å². The van der Waals surface area contributed by atoms with Crippen LogP contribution in [0.4, 0.5) is 14.5 Å². The molecule has 0 saturated carbocycles. The molecule has 3 N–H and O–H groups in total. The average molecular weight is 626 g/mol. The smallest absolute Gasteiger partial charge is 0.279 e. The third kappa shape index (κ3) is 6.48. The summed E-state index contributed by atoms with van der Waals surface area (Å²) in [6, 6.07) is 9.25. The first-order valence-corrected chi connectivity index (χ1v) is 14.1. The second-order valence-corrected chi connectivity index (χ2v) is 10.7. The summed E-state index contributed by atoms with van der Waals surface area (Å²) in [6.07, 6.45) is 1.33. The number of methoxy groups -OCH3 is 1. The van der Waals surface area contributed by atoms with Crippen molar-refractivity contribution in [3.63, 3.8) is 0 Å². The minimum Gasteiger partial charge on any atom is -0.481 e. The highest BCUT2D eigenvalue weighted by atomic mass is 35.5. The Morgan fingerprint density at radius 2 is 1.89 bits per heavy atom. The van der Waals surface area contributed by atoms with E-state index >= 15 is 4.39 Å². The van der Waals surface area contributed by atoms with Crippen molar-refractivity contribution in [2.75, 3.05) is 25.6 Å². The average Bonchev–Trinajstić information content (AvgIpc) is 3.00. The van der Waals surface area contributed by atoms with Crippen LogP contribution in [0.2, 0.25) is 5.02 Å². The number of amides is 1. The number of benzene rings is 2. The highest BCUT2D eigenvalue weighted by Crippen LogP contribution is 2.40. The SMILES string of the molecule is COc1nc(-c2cc(F)cc(-c3cc(F)cc(NC(=O)c4ccnn(C)c4=O)c3C)c2Cl)ccc1CNC1CCOCC1O. The molecule has 0 bridgehead atoms. The monoisotopic (exact) mass is 625 g/mol. The summed E-state index contributed by atoms with van der Waals surface area (Å²) in [5.41, 5.74) is 1.36. The molecule has 1 saturated heterocycles. The summed E-state index contributed by atoms with van der Waals surface area (Å²) in [4.78, 5) is 29.8. The highest BCUT2D eigenvalue weighted by Gasteiger charge is 2.24. The predicted octanol–water partition coefficient (Wildman–Crippen LogP) is 4.25. The molecule has 230 valence electrons. The van der Waals surface area contributed by atoms with E-state index in [0.717, 1.165) is 10.7 Å². The van der Waals surface area contributed by atoms with Crippen molar-refractivity contribution in [3.05, 3.63) is 92.4 Å². The van der Waals surface area contributed by atoms with Gasteiger partial charge in [0.05, 0.1) is 30.5 Å². The number of halogens is 3. The van der Waals surface area contributed by atoms with Gasteiger partial charge >= 0.3 is 0 Å². The Hall–Kier alpha value is -4.23. The number of pyridine rings is 1. The minimum atomic E-state index is -0.754. The summed E-state index contributed by atoms with van der Waals surface area (Å²) in [7, 11) is 2.87. The van der Waals surface area contributed by atoms with Crippen LogP contribution in [0.5, 0.6) is 5.88 Å². The number of hydrogen-bond acceptors (Lipinski definition) is 8. The fourth-order valence-electron chi connectivity index (χ4n) is 5.06. The van der Waals surface area contributed by atoms with E-state index in [1.165, 1.54) is 44.6 Å². The number of nitrogens with one attached hydrogen (secondary N) is 2. The first kappa shape index (κ1) is 31.2. The second-order valence-electron chi connectivity index (χ2n) is 10.4. The van der Waals surface area contributed by atoms with Crippen molar-refractivity contribution in [1.82, 2.24) is 20.1 Å². The molecular weight excluding hydrogens is 596 g/mol. The van der Waals surface area contributed by atoms with Gasteiger partial charge in [-0.05, 0) is 60.9 Å². The van der Waals surface area contributed by atoms with E-state index in [1.807, 2.05) is 0 Å². The molecule has 0 spiro atoms. The zero-order chi connectivity index (χ0) is 31.5. The highest BCUT2D eigenvalue weighted by molar-refractivity contribution is 6.36. The number of ether oxygens (including phenoxy) is 2. The van der Waals surface area contributed by atoms with Crippen LogP contribution in [-0.2, 0) is 18.3 Å². The molecule has 3 heterocycles. The first-order valence-electron chi connectivity index (χ1n) is 13.7. The minimum absolute atomic E-state index is 0.0806. The van der Waals surface area contributed by atoms with Gasteiger partial charge in [0.1, 0.15) is 17.2 Å².